The Morgan fingerprint density at radius 2 is 2.02 bits per heavy atom. The summed E-state index contributed by atoms with van der Waals surface area (Å²) in [6.07, 6.45) is 5.33. The zero-order valence-electron chi connectivity index (χ0n) is 27.3. The third kappa shape index (κ3) is 7.23. The fourth-order valence-corrected chi connectivity index (χ4v) is 6.68. The number of amides is 2. The first kappa shape index (κ1) is 34.9. The summed E-state index contributed by atoms with van der Waals surface area (Å²) >= 11 is 6.72. The molecule has 3 aliphatic heterocycles. The van der Waals surface area contributed by atoms with Crippen LogP contribution in [0.1, 0.15) is 46.1 Å². The van der Waals surface area contributed by atoms with E-state index in [1.165, 1.54) is 12.0 Å². The number of hydrogen-bond donors (Lipinski definition) is 2. The van der Waals surface area contributed by atoms with E-state index >= 15 is 0 Å². The molecule has 11 nitrogen and oxygen atoms in total. The molecule has 2 fully saturated rings. The Morgan fingerprint density at radius 3 is 2.67 bits per heavy atom. The molecule has 4 rings (SSSR count). The number of benzene rings is 1. The number of rotatable bonds is 7. The Kier molecular flexibility index (Phi) is 11.0. The van der Waals surface area contributed by atoms with Crippen molar-refractivity contribution in [2.45, 2.75) is 88.6 Å². The van der Waals surface area contributed by atoms with E-state index in [0.29, 0.717) is 35.7 Å². The normalized spacial score (nSPS) is 34.6. The summed E-state index contributed by atoms with van der Waals surface area (Å²) in [4.78, 5) is 40.1. The second-order valence-corrected chi connectivity index (χ2v) is 12.9. The first-order valence-electron chi connectivity index (χ1n) is 15.2. The summed E-state index contributed by atoms with van der Waals surface area (Å²) in [5, 5.41) is 6.17. The number of epoxide rings is 1. The molecule has 0 radical (unpaired) electrons. The number of ether oxygens (including phenoxy) is 5. The quantitative estimate of drug-likeness (QED) is 0.260. The molecule has 248 valence electrons. The van der Waals surface area contributed by atoms with E-state index in [1.807, 2.05) is 51.1 Å². The summed E-state index contributed by atoms with van der Waals surface area (Å²) in [5.74, 6) is -0.532. The highest BCUT2D eigenvalue weighted by molar-refractivity contribution is 6.35. The maximum Gasteiger partial charge on any atom is 0.323 e. The number of carbonyl (C=O) groups excluding carboxylic acids is 3. The molecule has 2 amide bonds. The van der Waals surface area contributed by atoms with Gasteiger partial charge in [-0.05, 0) is 51.9 Å². The molecule has 45 heavy (non-hydrogen) atoms. The monoisotopic (exact) mass is 647 g/mol. The van der Waals surface area contributed by atoms with E-state index in [0.717, 1.165) is 11.1 Å². The van der Waals surface area contributed by atoms with Gasteiger partial charge in [-0.3, -0.25) is 14.4 Å². The van der Waals surface area contributed by atoms with Gasteiger partial charge in [0.2, 0.25) is 12.3 Å². The molecule has 1 aromatic carbocycles. The van der Waals surface area contributed by atoms with Gasteiger partial charge in [-0.2, -0.15) is 0 Å². The Labute approximate surface area is 270 Å². The van der Waals surface area contributed by atoms with Gasteiger partial charge in [0.25, 0.3) is 0 Å². The van der Waals surface area contributed by atoms with Crippen LogP contribution in [0.3, 0.4) is 0 Å². The van der Waals surface area contributed by atoms with Crippen LogP contribution >= 0.6 is 11.6 Å². The van der Waals surface area contributed by atoms with Gasteiger partial charge in [-0.15, -0.1) is 0 Å². The molecule has 1 aromatic rings. The highest BCUT2D eigenvalue weighted by Crippen LogP contribution is 2.50. The molecular weight excluding hydrogens is 602 g/mol. The lowest BCUT2D eigenvalue weighted by atomic mass is 9.82. The Bertz CT molecular complexity index is 1340. The fourth-order valence-electron chi connectivity index (χ4n) is 6.37. The van der Waals surface area contributed by atoms with Crippen molar-refractivity contribution in [2.24, 2.45) is 5.92 Å². The zero-order valence-corrected chi connectivity index (χ0v) is 28.1. The van der Waals surface area contributed by atoms with E-state index in [2.05, 4.69) is 10.6 Å². The van der Waals surface area contributed by atoms with Crippen molar-refractivity contribution in [2.75, 3.05) is 39.8 Å². The average molecular weight is 648 g/mol. The van der Waals surface area contributed by atoms with Gasteiger partial charge in [0, 0.05) is 26.5 Å². The first-order valence-corrected chi connectivity index (χ1v) is 15.6. The lowest BCUT2D eigenvalue weighted by Crippen LogP contribution is -2.55. The van der Waals surface area contributed by atoms with Crippen LogP contribution in [0.4, 0.5) is 5.69 Å². The van der Waals surface area contributed by atoms with Crippen molar-refractivity contribution in [1.82, 2.24) is 10.6 Å². The summed E-state index contributed by atoms with van der Waals surface area (Å²) < 4.78 is 30.0. The number of nitrogens with zero attached hydrogens (tertiary/aromatic N) is 1. The van der Waals surface area contributed by atoms with Crippen LogP contribution < -0.4 is 20.3 Å². The highest BCUT2D eigenvalue weighted by Gasteiger charge is 2.64. The Balaban J connectivity index is 1.79. The van der Waals surface area contributed by atoms with Crippen LogP contribution in [0.5, 0.6) is 5.75 Å². The van der Waals surface area contributed by atoms with Crippen LogP contribution in [-0.4, -0.2) is 94.8 Å². The van der Waals surface area contributed by atoms with E-state index in [1.54, 1.807) is 28.1 Å². The third-order valence-corrected chi connectivity index (χ3v) is 9.83. The molecule has 4 bridgehead atoms. The number of allylic oxidation sites excluding steroid dienone is 3. The molecule has 8 atom stereocenters. The van der Waals surface area contributed by atoms with Crippen LogP contribution in [0.2, 0.25) is 5.02 Å². The van der Waals surface area contributed by atoms with Gasteiger partial charge in [0.15, 0.2) is 0 Å². The Hall–Kier alpha value is -2.96. The molecule has 0 spiro atoms. The van der Waals surface area contributed by atoms with Crippen LogP contribution in [0, 0.1) is 5.92 Å². The number of anilines is 1. The SMILES string of the molecule is CNC(C)C(=O)OC1CC(=O)N(C)c2cc(cc(OC)c2Cl)C/C(C)=C/C=C/C(OC)C2(NC=O)COC(C2)C(C)C2OC12C. The zero-order chi connectivity index (χ0) is 33.1. The van der Waals surface area contributed by atoms with Crippen LogP contribution in [-0.2, 0) is 39.8 Å². The van der Waals surface area contributed by atoms with E-state index in [-0.39, 0.29) is 37.1 Å². The number of carbonyl (C=O) groups is 3. The van der Waals surface area contributed by atoms with Crippen molar-refractivity contribution in [3.63, 3.8) is 0 Å². The maximum atomic E-state index is 13.9. The van der Waals surface area contributed by atoms with E-state index in [9.17, 15) is 14.4 Å². The second-order valence-electron chi connectivity index (χ2n) is 12.5. The van der Waals surface area contributed by atoms with Crippen molar-refractivity contribution in [3.05, 3.63) is 46.5 Å². The van der Waals surface area contributed by atoms with Crippen LogP contribution in [0.15, 0.2) is 35.9 Å². The average Bonchev–Trinajstić information content (AvgIpc) is 3.53. The highest BCUT2D eigenvalue weighted by atomic mass is 35.5. The molecule has 0 saturated carbocycles. The van der Waals surface area contributed by atoms with E-state index < -0.39 is 35.4 Å². The predicted molar refractivity (Wildman–Crippen MR) is 171 cm³/mol. The molecule has 2 N–H and O–H groups in total. The third-order valence-electron chi connectivity index (χ3n) is 9.45. The smallest absolute Gasteiger partial charge is 0.323 e. The minimum atomic E-state index is -0.959. The van der Waals surface area contributed by atoms with Crippen molar-refractivity contribution in [1.29, 1.82) is 0 Å². The van der Waals surface area contributed by atoms with Gasteiger partial charge < -0.3 is 39.2 Å². The number of likely N-dealkylation sites (N-methyl/N-ethyl adjacent to an activating group) is 1. The van der Waals surface area contributed by atoms with E-state index in [4.69, 9.17) is 35.3 Å². The molecule has 0 aromatic heterocycles. The van der Waals surface area contributed by atoms with Gasteiger partial charge >= 0.3 is 5.97 Å². The number of hydrogen-bond acceptors (Lipinski definition) is 9. The minimum Gasteiger partial charge on any atom is -0.495 e. The minimum absolute atomic E-state index is 0.141. The number of halogens is 1. The molecule has 12 heteroatoms. The molecule has 2 saturated heterocycles. The van der Waals surface area contributed by atoms with Crippen molar-refractivity contribution in [3.8, 4) is 5.75 Å². The summed E-state index contributed by atoms with van der Waals surface area (Å²) in [6, 6.07) is 3.12. The molecule has 8 unspecified atom stereocenters. The van der Waals surface area contributed by atoms with Crippen molar-refractivity contribution >= 4 is 35.6 Å². The van der Waals surface area contributed by atoms with Gasteiger partial charge in [-0.25, -0.2) is 0 Å². The number of methoxy groups -OCH3 is 2. The largest absolute Gasteiger partial charge is 0.495 e. The van der Waals surface area contributed by atoms with Crippen LogP contribution in [0.25, 0.3) is 0 Å². The standard InChI is InChI=1S/C33H46ClN3O8/c1-19-10-9-11-26(42-8)33(36-18-38)16-25(43-17-33)20(2)30-32(4,45-30)27(44-31(40)21(3)35-5)15-28(39)37(6)23-13-22(12-19)14-24(41-7)29(23)34/h9-11,13-14,18,20-21,25-27,30,35H,12,15-17H2,1-8H3,(H,36,38)/b11-9+,19-10+. The van der Waals surface area contributed by atoms with Gasteiger partial charge in [0.1, 0.15) is 34.6 Å². The second kappa shape index (κ2) is 14.2. The topological polar surface area (TPSA) is 128 Å². The predicted octanol–water partition coefficient (Wildman–Crippen LogP) is 3.36. The lowest BCUT2D eigenvalue weighted by molar-refractivity contribution is -0.155. The molecule has 0 aliphatic carbocycles. The number of nitrogens with one attached hydrogen (secondary N) is 2. The molecule has 3 heterocycles. The molecule has 3 aliphatic rings. The first-order chi connectivity index (χ1) is 21.3. The Morgan fingerprint density at radius 1 is 1.29 bits per heavy atom. The number of fused-ring (bicyclic) bond motifs is 5. The summed E-state index contributed by atoms with van der Waals surface area (Å²) in [5.41, 5.74) is 0.639. The van der Waals surface area contributed by atoms with Gasteiger partial charge in [0.05, 0.1) is 43.6 Å². The lowest BCUT2D eigenvalue weighted by Gasteiger charge is -2.33. The van der Waals surface area contributed by atoms with Crippen molar-refractivity contribution < 1.29 is 38.1 Å². The summed E-state index contributed by atoms with van der Waals surface area (Å²) in [6.45, 7) is 7.79. The van der Waals surface area contributed by atoms with Gasteiger partial charge in [-0.1, -0.05) is 42.3 Å². The summed E-state index contributed by atoms with van der Waals surface area (Å²) in [7, 11) is 6.44. The molecular formula is C33H46ClN3O8. The fraction of sp³-hybridized carbons (Fsp3) is 0.606. The number of esters is 1. The maximum absolute atomic E-state index is 13.9.